The normalized spacial score (nSPS) is 21.1. The molecule has 2 N–H and O–H groups in total. The monoisotopic (exact) mass is 507 g/mol. The van der Waals surface area contributed by atoms with Gasteiger partial charge in [0.1, 0.15) is 0 Å². The van der Waals surface area contributed by atoms with Gasteiger partial charge in [0, 0.05) is 29.4 Å². The molecule has 0 unspecified atom stereocenters. The molecule has 0 saturated heterocycles. The number of aromatic nitrogens is 3. The molecule has 35 heavy (non-hydrogen) atoms. The van der Waals surface area contributed by atoms with Gasteiger partial charge in [0.2, 0.25) is 0 Å². The van der Waals surface area contributed by atoms with Gasteiger partial charge < -0.3 is 10.1 Å². The predicted molar refractivity (Wildman–Crippen MR) is 127 cm³/mol. The van der Waals surface area contributed by atoms with Crippen LogP contribution in [-0.2, 0) is 13.0 Å². The molecule has 1 aliphatic heterocycles. The second kappa shape index (κ2) is 10.1. The van der Waals surface area contributed by atoms with E-state index >= 15 is 0 Å². The predicted octanol–water partition coefficient (Wildman–Crippen LogP) is 4.70. The van der Waals surface area contributed by atoms with Gasteiger partial charge in [-0.3, -0.25) is 14.8 Å². The van der Waals surface area contributed by atoms with E-state index in [0.29, 0.717) is 18.0 Å². The van der Waals surface area contributed by atoms with Crippen LogP contribution in [0.5, 0.6) is 5.19 Å². The molecule has 3 heterocycles. The Hall–Kier alpha value is -2.66. The van der Waals surface area contributed by atoms with Crippen molar-refractivity contribution >= 4 is 28.1 Å². The van der Waals surface area contributed by atoms with Crippen LogP contribution in [0.4, 0.5) is 13.2 Å². The van der Waals surface area contributed by atoms with Crippen LogP contribution in [0.25, 0.3) is 10.9 Å². The molecule has 2 aromatic heterocycles. The zero-order valence-corrected chi connectivity index (χ0v) is 20.1. The number of thiazole rings is 1. The lowest BCUT2D eigenvalue weighted by molar-refractivity contribution is -0.153. The van der Waals surface area contributed by atoms with Crippen LogP contribution in [0, 0.1) is 5.92 Å². The smallest absolute Gasteiger partial charge is 0.422 e. The van der Waals surface area contributed by atoms with E-state index in [0.717, 1.165) is 73.1 Å². The fraction of sp³-hybridized carbons (Fsp3) is 0.542. The number of nitrogens with zero attached hydrogens (tertiary/aromatic N) is 3. The molecule has 0 radical (unpaired) electrons. The molecule has 1 aromatic carbocycles. The van der Waals surface area contributed by atoms with Crippen molar-refractivity contribution in [3.8, 4) is 5.19 Å². The van der Waals surface area contributed by atoms with Crippen molar-refractivity contribution in [1.82, 2.24) is 25.4 Å². The summed E-state index contributed by atoms with van der Waals surface area (Å²) in [5, 5.41) is 11.1. The van der Waals surface area contributed by atoms with E-state index in [4.69, 9.17) is 4.74 Å². The maximum atomic E-state index is 12.8. The Bertz CT molecular complexity index is 1170. The number of halogens is 3. The average molecular weight is 508 g/mol. The van der Waals surface area contributed by atoms with E-state index in [1.807, 2.05) is 18.2 Å². The first-order valence-electron chi connectivity index (χ1n) is 12.0. The van der Waals surface area contributed by atoms with Gasteiger partial charge in [0.05, 0.1) is 23.0 Å². The van der Waals surface area contributed by atoms with Crippen LogP contribution >= 0.6 is 11.3 Å². The number of hydrogen-bond acceptors (Lipinski definition) is 6. The number of alkyl halides is 3. The molecular weight excluding hydrogens is 479 g/mol. The van der Waals surface area contributed by atoms with E-state index in [2.05, 4.69) is 25.4 Å². The minimum Gasteiger partial charge on any atom is -0.460 e. The molecule has 0 atom stereocenters. The molecule has 5 rings (SSSR count). The summed E-state index contributed by atoms with van der Waals surface area (Å²) in [7, 11) is 0. The highest BCUT2D eigenvalue weighted by atomic mass is 32.1. The number of carbonyl (C=O) groups excluding carboxylic acids is 1. The number of fused-ring (bicyclic) bond motifs is 2. The Balaban J connectivity index is 1.05. The van der Waals surface area contributed by atoms with Gasteiger partial charge in [-0.05, 0) is 63.1 Å². The number of H-pyrrole nitrogens is 1. The van der Waals surface area contributed by atoms with Crippen molar-refractivity contribution in [2.75, 3.05) is 19.7 Å². The van der Waals surface area contributed by atoms with E-state index in [1.165, 1.54) is 11.3 Å². The van der Waals surface area contributed by atoms with Crippen molar-refractivity contribution in [2.24, 2.45) is 5.92 Å². The maximum absolute atomic E-state index is 12.8. The molecular formula is C24H28F3N5O2S. The Labute approximate surface area is 205 Å². The molecule has 7 nitrogen and oxygen atoms in total. The van der Waals surface area contributed by atoms with Crippen molar-refractivity contribution in [3.63, 3.8) is 0 Å². The van der Waals surface area contributed by atoms with Crippen LogP contribution in [0.3, 0.4) is 0 Å². The number of hydrogen-bond donors (Lipinski definition) is 2. The van der Waals surface area contributed by atoms with Gasteiger partial charge in [-0.2, -0.15) is 18.3 Å². The summed E-state index contributed by atoms with van der Waals surface area (Å²) >= 11 is 1.23. The highest BCUT2D eigenvalue weighted by molar-refractivity contribution is 7.13. The van der Waals surface area contributed by atoms with Crippen LogP contribution < -0.4 is 10.1 Å². The topological polar surface area (TPSA) is 83.1 Å². The summed E-state index contributed by atoms with van der Waals surface area (Å²) in [5.74, 6) is 0.564. The summed E-state index contributed by atoms with van der Waals surface area (Å²) in [6, 6.07) is 5.78. The van der Waals surface area contributed by atoms with Gasteiger partial charge in [-0.25, -0.2) is 4.98 Å². The second-order valence-corrected chi connectivity index (χ2v) is 10.4. The first kappa shape index (κ1) is 24.1. The first-order chi connectivity index (χ1) is 16.8. The van der Waals surface area contributed by atoms with Gasteiger partial charge in [-0.15, -0.1) is 0 Å². The zero-order chi connectivity index (χ0) is 24.4. The summed E-state index contributed by atoms with van der Waals surface area (Å²) in [5.41, 5.74) is 2.35. The summed E-state index contributed by atoms with van der Waals surface area (Å²) in [6.45, 7) is 1.19. The number of benzene rings is 1. The highest BCUT2D eigenvalue weighted by Gasteiger charge is 2.30. The second-order valence-electron chi connectivity index (χ2n) is 9.40. The standard InChI is InChI=1S/C24H28F3N5O2S/c25-24(26,27)14-34-23-30-20-13-32(11-9-21(20)35-23)10-8-15-4-6-16(7-5-15)29-22(33)17-2-1-3-19-18(17)12-28-31-19/h1-3,12,15-16H,4-11,13-14H2,(H,28,31)(H,29,33)/t15-,16-. The maximum Gasteiger partial charge on any atom is 0.422 e. The van der Waals surface area contributed by atoms with E-state index < -0.39 is 12.8 Å². The SMILES string of the molecule is O=C(N[C@H]1CC[C@H](CCN2CCc3sc(OCC(F)(F)F)nc3C2)CC1)c1cccc2[nH]ncc12. The van der Waals surface area contributed by atoms with Crippen LogP contribution in [0.2, 0.25) is 0 Å². The fourth-order valence-electron chi connectivity index (χ4n) is 5.02. The first-order valence-corrected chi connectivity index (χ1v) is 12.8. The third kappa shape index (κ3) is 5.95. The zero-order valence-electron chi connectivity index (χ0n) is 19.2. The molecule has 188 valence electrons. The molecule has 1 fully saturated rings. The number of carbonyl (C=O) groups is 1. The van der Waals surface area contributed by atoms with Gasteiger partial charge in [0.15, 0.2) is 6.61 Å². The molecule has 1 amide bonds. The lowest BCUT2D eigenvalue weighted by Crippen LogP contribution is -2.38. The largest absolute Gasteiger partial charge is 0.460 e. The number of nitrogens with one attached hydrogen (secondary N) is 2. The lowest BCUT2D eigenvalue weighted by Gasteiger charge is -2.32. The van der Waals surface area contributed by atoms with Crippen LogP contribution in [0.15, 0.2) is 24.4 Å². The Kier molecular flexibility index (Phi) is 6.97. The minimum absolute atomic E-state index is 0.0496. The number of rotatable bonds is 7. The van der Waals surface area contributed by atoms with Gasteiger partial charge in [-0.1, -0.05) is 17.4 Å². The van der Waals surface area contributed by atoms with Crippen molar-refractivity contribution < 1.29 is 22.7 Å². The summed E-state index contributed by atoms with van der Waals surface area (Å²) in [6.07, 6.45) is 3.29. The Morgan fingerprint density at radius 2 is 2.09 bits per heavy atom. The summed E-state index contributed by atoms with van der Waals surface area (Å²) in [4.78, 5) is 20.4. The average Bonchev–Trinajstić information content (AvgIpc) is 3.48. The van der Waals surface area contributed by atoms with Crippen molar-refractivity contribution in [3.05, 3.63) is 40.5 Å². The Morgan fingerprint density at radius 1 is 1.26 bits per heavy atom. The summed E-state index contributed by atoms with van der Waals surface area (Å²) < 4.78 is 42.0. The van der Waals surface area contributed by atoms with Gasteiger partial charge >= 0.3 is 6.18 Å². The minimum atomic E-state index is -4.35. The third-order valence-corrected chi connectivity index (χ3v) is 7.98. The van der Waals surface area contributed by atoms with Crippen LogP contribution in [0.1, 0.15) is 53.0 Å². The third-order valence-electron chi connectivity index (χ3n) is 6.91. The number of ether oxygens (including phenoxy) is 1. The Morgan fingerprint density at radius 3 is 2.89 bits per heavy atom. The van der Waals surface area contributed by atoms with Crippen LogP contribution in [-0.4, -0.2) is 57.9 Å². The molecule has 1 saturated carbocycles. The van der Waals surface area contributed by atoms with E-state index in [-0.39, 0.29) is 17.1 Å². The molecule has 2 aliphatic rings. The van der Waals surface area contributed by atoms with Crippen molar-refractivity contribution in [2.45, 2.75) is 57.3 Å². The quantitative estimate of drug-likeness (QED) is 0.485. The van der Waals surface area contributed by atoms with E-state index in [1.54, 1.807) is 6.20 Å². The van der Waals surface area contributed by atoms with Gasteiger partial charge in [0.25, 0.3) is 11.1 Å². The number of aromatic amines is 1. The molecule has 3 aromatic rings. The number of amides is 1. The molecule has 0 spiro atoms. The lowest BCUT2D eigenvalue weighted by atomic mass is 9.84. The van der Waals surface area contributed by atoms with E-state index in [9.17, 15) is 18.0 Å². The molecule has 0 bridgehead atoms. The molecule has 1 aliphatic carbocycles. The fourth-order valence-corrected chi connectivity index (χ4v) is 5.92. The highest BCUT2D eigenvalue weighted by Crippen LogP contribution is 2.32. The van der Waals surface area contributed by atoms with Crippen molar-refractivity contribution in [1.29, 1.82) is 0 Å². The molecule has 11 heteroatoms.